The number of nitrogens with one attached hydrogen (secondary N) is 3. The Balaban J connectivity index is 1.88. The molecule has 0 radical (unpaired) electrons. The third kappa shape index (κ3) is 5.68. The zero-order valence-electron chi connectivity index (χ0n) is 15.1. The molecule has 0 aliphatic carbocycles. The smallest absolute Gasteiger partial charge is 0.223 e. The maximum Gasteiger partial charge on any atom is 0.223 e. The maximum atomic E-state index is 7.53. The summed E-state index contributed by atoms with van der Waals surface area (Å²) in [4.78, 5) is 11.2. The number of rotatable bonds is 9. The minimum Gasteiger partial charge on any atom is -0.385 e. The highest BCUT2D eigenvalue weighted by atomic mass is 16.5. The zero-order chi connectivity index (χ0) is 18.1. The zero-order valence-corrected chi connectivity index (χ0v) is 15.1. The van der Waals surface area contributed by atoms with E-state index in [2.05, 4.69) is 25.5 Å². The summed E-state index contributed by atoms with van der Waals surface area (Å²) in [6.07, 6.45) is 5.21. The molecule has 8 nitrogen and oxygen atoms in total. The fraction of sp³-hybridized carbons (Fsp3) is 0.588. The Labute approximate surface area is 149 Å². The van der Waals surface area contributed by atoms with Crippen molar-refractivity contribution < 1.29 is 4.74 Å². The van der Waals surface area contributed by atoms with Crippen molar-refractivity contribution in [3.63, 3.8) is 0 Å². The highest BCUT2D eigenvalue weighted by Crippen LogP contribution is 2.18. The van der Waals surface area contributed by atoms with Gasteiger partial charge in [0, 0.05) is 39.7 Å². The number of nitrogens with zero attached hydrogens (tertiary/aromatic N) is 3. The second kappa shape index (κ2) is 9.95. The standard InChI is InChI=1S/C17H29N7O/c1-20-16(19)14(11-18)15-3-6-21-17(23-15)22-12-13-4-7-24(8-5-13)9-10-25-2/h3,6,11,13,18,20H,4-5,7-10,12,19H2,1-2H3,(H,21,22,23)/b16-14+,18-11?. The Morgan fingerprint density at radius 3 is 2.88 bits per heavy atom. The lowest BCUT2D eigenvalue weighted by Crippen LogP contribution is -2.37. The van der Waals surface area contributed by atoms with Crippen molar-refractivity contribution in [1.29, 1.82) is 5.41 Å². The number of likely N-dealkylation sites (tertiary alicyclic amines) is 1. The van der Waals surface area contributed by atoms with Gasteiger partial charge in [-0.3, -0.25) is 0 Å². The molecule has 8 heteroatoms. The van der Waals surface area contributed by atoms with Gasteiger partial charge in [0.15, 0.2) is 0 Å². The van der Waals surface area contributed by atoms with E-state index in [4.69, 9.17) is 15.9 Å². The molecule has 138 valence electrons. The largest absolute Gasteiger partial charge is 0.385 e. The predicted molar refractivity (Wildman–Crippen MR) is 101 cm³/mol. The fourth-order valence-corrected chi connectivity index (χ4v) is 2.89. The van der Waals surface area contributed by atoms with Crippen LogP contribution in [0.5, 0.6) is 0 Å². The lowest BCUT2D eigenvalue weighted by atomic mass is 9.97. The van der Waals surface area contributed by atoms with Crippen LogP contribution in [0.1, 0.15) is 18.5 Å². The van der Waals surface area contributed by atoms with Crippen LogP contribution < -0.4 is 16.4 Å². The Bertz CT molecular complexity index is 582. The summed E-state index contributed by atoms with van der Waals surface area (Å²) in [5, 5.41) is 13.7. The molecule has 0 atom stereocenters. The molecule has 0 spiro atoms. The van der Waals surface area contributed by atoms with Crippen molar-refractivity contribution in [2.45, 2.75) is 12.8 Å². The first-order chi connectivity index (χ1) is 12.2. The summed E-state index contributed by atoms with van der Waals surface area (Å²) in [6.45, 7) is 4.87. The lowest BCUT2D eigenvalue weighted by molar-refractivity contribution is 0.122. The number of ether oxygens (including phenoxy) is 1. The van der Waals surface area contributed by atoms with Crippen molar-refractivity contribution in [3.05, 3.63) is 23.8 Å². The topological polar surface area (TPSA) is 112 Å². The first kappa shape index (κ1) is 19.1. The Morgan fingerprint density at radius 2 is 2.24 bits per heavy atom. The van der Waals surface area contributed by atoms with E-state index in [1.165, 1.54) is 6.21 Å². The fourth-order valence-electron chi connectivity index (χ4n) is 2.89. The molecular weight excluding hydrogens is 318 g/mol. The van der Waals surface area contributed by atoms with Crippen LogP contribution in [0.15, 0.2) is 18.1 Å². The number of hydrogen-bond donors (Lipinski definition) is 4. The molecule has 1 saturated heterocycles. The molecule has 5 N–H and O–H groups in total. The highest BCUT2D eigenvalue weighted by molar-refractivity contribution is 6.08. The van der Waals surface area contributed by atoms with E-state index in [1.54, 1.807) is 26.4 Å². The predicted octanol–water partition coefficient (Wildman–Crippen LogP) is 0.743. The Morgan fingerprint density at radius 1 is 1.48 bits per heavy atom. The molecule has 0 unspecified atom stereocenters. The molecule has 1 aromatic rings. The molecule has 2 heterocycles. The van der Waals surface area contributed by atoms with Crippen LogP contribution >= 0.6 is 0 Å². The van der Waals surface area contributed by atoms with E-state index in [-0.39, 0.29) is 0 Å². The minimum atomic E-state index is 0.420. The van der Waals surface area contributed by atoms with E-state index >= 15 is 0 Å². The van der Waals surface area contributed by atoms with Crippen LogP contribution in [0.25, 0.3) is 5.57 Å². The van der Waals surface area contributed by atoms with Gasteiger partial charge >= 0.3 is 0 Å². The molecule has 0 aromatic carbocycles. The third-order valence-corrected chi connectivity index (χ3v) is 4.50. The van der Waals surface area contributed by atoms with Crippen molar-refractivity contribution in [2.24, 2.45) is 11.7 Å². The number of nitrogens with two attached hydrogens (primary N) is 1. The normalized spacial score (nSPS) is 17.0. The molecule has 1 fully saturated rings. The molecule has 25 heavy (non-hydrogen) atoms. The quantitative estimate of drug-likeness (QED) is 0.488. The van der Waals surface area contributed by atoms with Crippen LogP contribution in [0.4, 0.5) is 5.95 Å². The first-order valence-electron chi connectivity index (χ1n) is 8.64. The summed E-state index contributed by atoms with van der Waals surface area (Å²) in [6, 6.07) is 1.75. The summed E-state index contributed by atoms with van der Waals surface area (Å²) < 4.78 is 5.14. The number of hydrogen-bond acceptors (Lipinski definition) is 8. The van der Waals surface area contributed by atoms with Crippen molar-refractivity contribution in [1.82, 2.24) is 20.2 Å². The van der Waals surface area contributed by atoms with E-state index in [0.29, 0.717) is 29.0 Å². The van der Waals surface area contributed by atoms with Crippen LogP contribution in [0.2, 0.25) is 0 Å². The average Bonchev–Trinajstić information content (AvgIpc) is 2.66. The summed E-state index contributed by atoms with van der Waals surface area (Å²) in [7, 11) is 3.46. The number of piperidine rings is 1. The summed E-state index contributed by atoms with van der Waals surface area (Å²) >= 11 is 0. The summed E-state index contributed by atoms with van der Waals surface area (Å²) in [5.74, 6) is 1.61. The van der Waals surface area contributed by atoms with Crippen LogP contribution in [0.3, 0.4) is 0 Å². The number of allylic oxidation sites excluding steroid dienone is 1. The van der Waals surface area contributed by atoms with Gasteiger partial charge in [-0.15, -0.1) is 0 Å². The second-order valence-electron chi connectivity index (χ2n) is 6.15. The number of aromatic nitrogens is 2. The van der Waals surface area contributed by atoms with Gasteiger partial charge in [-0.05, 0) is 37.9 Å². The van der Waals surface area contributed by atoms with Gasteiger partial charge < -0.3 is 31.4 Å². The van der Waals surface area contributed by atoms with E-state index < -0.39 is 0 Å². The molecule has 2 rings (SSSR count). The molecule has 1 aliphatic heterocycles. The van der Waals surface area contributed by atoms with E-state index in [1.807, 2.05) is 0 Å². The Kier molecular flexibility index (Phi) is 7.62. The van der Waals surface area contributed by atoms with Gasteiger partial charge in [0.25, 0.3) is 0 Å². The van der Waals surface area contributed by atoms with Crippen LogP contribution in [0, 0.1) is 11.3 Å². The van der Waals surface area contributed by atoms with Crippen LogP contribution in [-0.2, 0) is 4.74 Å². The van der Waals surface area contributed by atoms with Crippen molar-refractivity contribution in [3.8, 4) is 0 Å². The lowest BCUT2D eigenvalue weighted by Gasteiger charge is -2.31. The Hall–Kier alpha value is -2.19. The maximum absolute atomic E-state index is 7.53. The number of methoxy groups -OCH3 is 1. The molecular formula is C17H29N7O. The SMILES string of the molecule is CN/C(N)=C(\C=N)c1ccnc(NCC2CCN(CCOC)CC2)n1. The second-order valence-corrected chi connectivity index (χ2v) is 6.15. The van der Waals surface area contributed by atoms with Gasteiger partial charge in [0.1, 0.15) is 5.82 Å². The van der Waals surface area contributed by atoms with Gasteiger partial charge in [0.05, 0.1) is 17.9 Å². The summed E-state index contributed by atoms with van der Waals surface area (Å²) in [5.41, 5.74) is 7.06. The monoisotopic (exact) mass is 347 g/mol. The molecule has 0 saturated carbocycles. The van der Waals surface area contributed by atoms with Crippen LogP contribution in [-0.4, -0.2) is 68.0 Å². The van der Waals surface area contributed by atoms with Gasteiger partial charge in [-0.1, -0.05) is 0 Å². The van der Waals surface area contributed by atoms with E-state index in [0.717, 1.165) is 45.6 Å². The van der Waals surface area contributed by atoms with Crippen molar-refractivity contribution in [2.75, 3.05) is 52.3 Å². The van der Waals surface area contributed by atoms with Crippen molar-refractivity contribution >= 4 is 17.7 Å². The molecule has 0 amide bonds. The van der Waals surface area contributed by atoms with E-state index in [9.17, 15) is 0 Å². The van der Waals surface area contributed by atoms with Gasteiger partial charge in [0.2, 0.25) is 5.95 Å². The number of anilines is 1. The first-order valence-corrected chi connectivity index (χ1v) is 8.64. The van der Waals surface area contributed by atoms with Gasteiger partial charge in [-0.2, -0.15) is 0 Å². The molecule has 1 aromatic heterocycles. The minimum absolute atomic E-state index is 0.420. The third-order valence-electron chi connectivity index (χ3n) is 4.50. The highest BCUT2D eigenvalue weighted by Gasteiger charge is 2.19. The average molecular weight is 347 g/mol. The molecule has 1 aliphatic rings. The molecule has 0 bridgehead atoms. The van der Waals surface area contributed by atoms with Gasteiger partial charge in [-0.25, -0.2) is 9.97 Å².